The molecule has 1 rings (SSSR count). The fourth-order valence-corrected chi connectivity index (χ4v) is 1.96. The van der Waals surface area contributed by atoms with Crippen LogP contribution in [0.3, 0.4) is 0 Å². The fourth-order valence-electron chi connectivity index (χ4n) is 1.43. The standard InChI is InChI=1S/C12H16ClFO/c1-8(2)6-11(13)10-5-4-9(15-3)7-12(10)14/h4-5,7-8,11H,6H2,1-3H3. The highest BCUT2D eigenvalue weighted by Crippen LogP contribution is 2.31. The zero-order chi connectivity index (χ0) is 11.4. The van der Waals surface area contributed by atoms with Crippen molar-refractivity contribution < 1.29 is 9.13 Å². The van der Waals surface area contributed by atoms with Crippen molar-refractivity contribution in [3.8, 4) is 5.75 Å². The van der Waals surface area contributed by atoms with Gasteiger partial charge in [-0.25, -0.2) is 4.39 Å². The molecule has 1 unspecified atom stereocenters. The highest BCUT2D eigenvalue weighted by molar-refractivity contribution is 6.20. The Bertz CT molecular complexity index is 325. The van der Waals surface area contributed by atoms with Gasteiger partial charge < -0.3 is 4.74 Å². The van der Waals surface area contributed by atoms with Crippen molar-refractivity contribution in [2.75, 3.05) is 7.11 Å². The summed E-state index contributed by atoms with van der Waals surface area (Å²) in [6.07, 6.45) is 0.769. The van der Waals surface area contributed by atoms with E-state index in [1.165, 1.54) is 13.2 Å². The van der Waals surface area contributed by atoms with Crippen LogP contribution < -0.4 is 4.74 Å². The van der Waals surface area contributed by atoms with Gasteiger partial charge in [-0.15, -0.1) is 11.6 Å². The summed E-state index contributed by atoms with van der Waals surface area (Å²) in [5.74, 6) is 0.675. The van der Waals surface area contributed by atoms with Crippen LogP contribution in [0.25, 0.3) is 0 Å². The summed E-state index contributed by atoms with van der Waals surface area (Å²) in [5, 5.41) is -0.268. The average Bonchev–Trinajstić information content (AvgIpc) is 2.16. The molecule has 1 aromatic carbocycles. The highest BCUT2D eigenvalue weighted by atomic mass is 35.5. The van der Waals surface area contributed by atoms with Crippen LogP contribution in [0, 0.1) is 11.7 Å². The van der Waals surface area contributed by atoms with Gasteiger partial charge in [-0.1, -0.05) is 19.9 Å². The van der Waals surface area contributed by atoms with E-state index in [0.717, 1.165) is 6.42 Å². The third-order valence-electron chi connectivity index (χ3n) is 2.22. The van der Waals surface area contributed by atoms with Gasteiger partial charge in [-0.05, 0) is 18.4 Å². The molecule has 0 bridgehead atoms. The molecule has 0 fully saturated rings. The largest absolute Gasteiger partial charge is 0.497 e. The average molecular weight is 231 g/mol. The molecule has 0 aromatic heterocycles. The predicted molar refractivity (Wildman–Crippen MR) is 61.0 cm³/mol. The van der Waals surface area contributed by atoms with Crippen molar-refractivity contribution >= 4 is 11.6 Å². The summed E-state index contributed by atoms with van der Waals surface area (Å²) >= 11 is 6.12. The van der Waals surface area contributed by atoms with E-state index in [9.17, 15) is 4.39 Å². The Labute approximate surface area is 95.2 Å². The van der Waals surface area contributed by atoms with Gasteiger partial charge in [-0.3, -0.25) is 0 Å². The van der Waals surface area contributed by atoms with Crippen molar-refractivity contribution in [2.24, 2.45) is 5.92 Å². The van der Waals surface area contributed by atoms with Crippen LogP contribution in [-0.4, -0.2) is 7.11 Å². The van der Waals surface area contributed by atoms with E-state index < -0.39 is 0 Å². The maximum Gasteiger partial charge on any atom is 0.131 e. The van der Waals surface area contributed by atoms with E-state index >= 15 is 0 Å². The SMILES string of the molecule is COc1ccc(C(Cl)CC(C)C)c(F)c1. The molecule has 0 aliphatic carbocycles. The Balaban J connectivity index is 2.85. The maximum atomic E-state index is 13.6. The monoisotopic (exact) mass is 230 g/mol. The van der Waals surface area contributed by atoms with Gasteiger partial charge in [0.25, 0.3) is 0 Å². The second-order valence-corrected chi connectivity index (χ2v) is 4.51. The molecule has 0 saturated heterocycles. The molecular formula is C12H16ClFO. The molecule has 15 heavy (non-hydrogen) atoms. The highest BCUT2D eigenvalue weighted by Gasteiger charge is 2.14. The Kier molecular flexibility index (Phi) is 4.40. The van der Waals surface area contributed by atoms with Crippen molar-refractivity contribution in [3.63, 3.8) is 0 Å². The van der Waals surface area contributed by atoms with Crippen molar-refractivity contribution in [3.05, 3.63) is 29.6 Å². The number of halogens is 2. The van der Waals surface area contributed by atoms with Gasteiger partial charge in [0.05, 0.1) is 12.5 Å². The number of benzene rings is 1. The molecule has 0 amide bonds. The fraction of sp³-hybridized carbons (Fsp3) is 0.500. The molecule has 3 heteroatoms. The van der Waals surface area contributed by atoms with Crippen molar-refractivity contribution in [1.29, 1.82) is 0 Å². The Hall–Kier alpha value is -0.760. The van der Waals surface area contributed by atoms with Crippen LogP contribution in [0.5, 0.6) is 5.75 Å². The minimum absolute atomic E-state index is 0.268. The maximum absolute atomic E-state index is 13.6. The zero-order valence-corrected chi connectivity index (χ0v) is 10.0. The summed E-state index contributed by atoms with van der Waals surface area (Å²) in [5.41, 5.74) is 0.547. The van der Waals surface area contributed by atoms with E-state index in [2.05, 4.69) is 13.8 Å². The van der Waals surface area contributed by atoms with Gasteiger partial charge in [0, 0.05) is 11.6 Å². The summed E-state index contributed by atoms with van der Waals surface area (Å²) in [4.78, 5) is 0. The van der Waals surface area contributed by atoms with Crippen LogP contribution >= 0.6 is 11.6 Å². The molecule has 0 radical (unpaired) electrons. The number of ether oxygens (including phenoxy) is 1. The lowest BCUT2D eigenvalue weighted by Crippen LogP contribution is -1.99. The normalized spacial score (nSPS) is 12.9. The quantitative estimate of drug-likeness (QED) is 0.706. The Morgan fingerprint density at radius 3 is 2.53 bits per heavy atom. The lowest BCUT2D eigenvalue weighted by molar-refractivity contribution is 0.410. The van der Waals surface area contributed by atoms with Crippen molar-refractivity contribution in [1.82, 2.24) is 0 Å². The lowest BCUT2D eigenvalue weighted by atomic mass is 10.0. The van der Waals surface area contributed by atoms with Gasteiger partial charge in [-0.2, -0.15) is 0 Å². The summed E-state index contributed by atoms with van der Waals surface area (Å²) < 4.78 is 18.5. The molecule has 0 saturated carbocycles. The third kappa shape index (κ3) is 3.38. The molecule has 0 aliphatic rings. The number of alkyl halides is 1. The molecule has 84 valence electrons. The molecular weight excluding hydrogens is 215 g/mol. The van der Waals surface area contributed by atoms with E-state index in [-0.39, 0.29) is 11.2 Å². The number of methoxy groups -OCH3 is 1. The first kappa shape index (κ1) is 12.3. The van der Waals surface area contributed by atoms with Gasteiger partial charge >= 0.3 is 0 Å². The summed E-state index contributed by atoms with van der Waals surface area (Å²) in [6, 6.07) is 4.79. The molecule has 1 aromatic rings. The van der Waals surface area contributed by atoms with Crippen LogP contribution in [-0.2, 0) is 0 Å². The van der Waals surface area contributed by atoms with Gasteiger partial charge in [0.15, 0.2) is 0 Å². The smallest absolute Gasteiger partial charge is 0.131 e. The van der Waals surface area contributed by atoms with Crippen LogP contribution in [0.15, 0.2) is 18.2 Å². The van der Waals surface area contributed by atoms with Crippen molar-refractivity contribution in [2.45, 2.75) is 25.6 Å². The number of rotatable bonds is 4. The molecule has 1 atom stereocenters. The van der Waals surface area contributed by atoms with Gasteiger partial charge in [0.1, 0.15) is 11.6 Å². The van der Waals surface area contributed by atoms with Gasteiger partial charge in [0.2, 0.25) is 0 Å². The first-order valence-corrected chi connectivity index (χ1v) is 5.45. The van der Waals surface area contributed by atoms with E-state index in [0.29, 0.717) is 17.2 Å². The summed E-state index contributed by atoms with van der Waals surface area (Å²) in [6.45, 7) is 4.13. The molecule has 0 heterocycles. The lowest BCUT2D eigenvalue weighted by Gasteiger charge is -2.13. The summed E-state index contributed by atoms with van der Waals surface area (Å²) in [7, 11) is 1.51. The predicted octanol–water partition coefficient (Wildman–Crippen LogP) is 4.16. The molecule has 0 spiro atoms. The van der Waals surface area contributed by atoms with E-state index in [1.54, 1.807) is 12.1 Å². The molecule has 1 nitrogen and oxygen atoms in total. The van der Waals surface area contributed by atoms with E-state index in [4.69, 9.17) is 16.3 Å². The minimum Gasteiger partial charge on any atom is -0.497 e. The second-order valence-electron chi connectivity index (χ2n) is 3.98. The van der Waals surface area contributed by atoms with Crippen LogP contribution in [0.1, 0.15) is 31.2 Å². The zero-order valence-electron chi connectivity index (χ0n) is 9.26. The Morgan fingerprint density at radius 1 is 1.40 bits per heavy atom. The third-order valence-corrected chi connectivity index (χ3v) is 2.64. The molecule has 0 N–H and O–H groups in total. The minimum atomic E-state index is -0.296. The second kappa shape index (κ2) is 5.36. The van der Waals surface area contributed by atoms with Crippen LogP contribution in [0.2, 0.25) is 0 Å². The van der Waals surface area contributed by atoms with E-state index in [1.807, 2.05) is 0 Å². The van der Waals surface area contributed by atoms with Crippen LogP contribution in [0.4, 0.5) is 4.39 Å². The molecule has 0 aliphatic heterocycles. The number of hydrogen-bond donors (Lipinski definition) is 0. The topological polar surface area (TPSA) is 9.23 Å². The first-order chi connectivity index (χ1) is 7.04. The first-order valence-electron chi connectivity index (χ1n) is 5.02. The Morgan fingerprint density at radius 2 is 2.07 bits per heavy atom. The number of hydrogen-bond acceptors (Lipinski definition) is 1.